The number of rotatable bonds is 0. The van der Waals surface area contributed by atoms with Crippen molar-refractivity contribution in [3.8, 4) is 5.75 Å². The molecule has 0 bridgehead atoms. The zero-order chi connectivity index (χ0) is 10.4. The van der Waals surface area contributed by atoms with Crippen LogP contribution in [0, 0.1) is 0 Å². The summed E-state index contributed by atoms with van der Waals surface area (Å²) in [5, 5.41) is 10.3. The van der Waals surface area contributed by atoms with Gasteiger partial charge in [0.05, 0.1) is 0 Å². The van der Waals surface area contributed by atoms with E-state index in [4.69, 9.17) is 16.6 Å². The average Bonchev–Trinajstić information content (AvgIpc) is 2.20. The second kappa shape index (κ2) is 6.42. The van der Waals surface area contributed by atoms with Gasteiger partial charge >= 0.3 is 38.4 Å². The van der Waals surface area contributed by atoms with E-state index in [1.165, 1.54) is 0 Å². The molecule has 0 spiro atoms. The first-order valence-electron chi connectivity index (χ1n) is 3.94. The van der Waals surface area contributed by atoms with Gasteiger partial charge in [-0.1, -0.05) is 18.2 Å². The number of halogens is 2. The van der Waals surface area contributed by atoms with E-state index in [1.807, 2.05) is 18.2 Å². The Kier molecular flexibility index (Phi) is 5.51. The molecule has 0 fully saturated rings. The van der Waals surface area contributed by atoms with Gasteiger partial charge in [-0.3, -0.25) is 4.98 Å². The summed E-state index contributed by atoms with van der Waals surface area (Å²) in [6, 6.07) is 9.13. The third-order valence-electron chi connectivity index (χ3n) is 1.61. The Hall–Kier alpha value is -0.0679. The second-order valence-corrected chi connectivity index (χ2v) is 8.45. The summed E-state index contributed by atoms with van der Waals surface area (Å²) in [5.74, 6) is 0.239. The third-order valence-corrected chi connectivity index (χ3v) is 1.61. The number of pyridine rings is 1. The van der Waals surface area contributed by atoms with Crippen LogP contribution in [0.3, 0.4) is 0 Å². The van der Waals surface area contributed by atoms with E-state index in [-0.39, 0.29) is 5.75 Å². The number of fused-ring (bicyclic) bond motifs is 1. The van der Waals surface area contributed by atoms with Crippen LogP contribution < -0.4 is 0 Å². The number of hydrogen-bond acceptors (Lipinski definition) is 2. The Bertz CT molecular complexity index is 405. The number of aromatic hydroxyl groups is 1. The number of aromatic nitrogens is 1. The number of phenolic OH excluding ortho intramolecular Hbond substituents is 1. The molecule has 0 aliphatic carbocycles. The van der Waals surface area contributed by atoms with E-state index >= 15 is 0 Å². The first-order valence-corrected chi connectivity index (χ1v) is 14.2. The molecule has 0 aliphatic rings. The average molecular weight is 328 g/mol. The molecule has 0 aliphatic heterocycles. The summed E-state index contributed by atoms with van der Waals surface area (Å²) >= 11 is -1.07. The van der Waals surface area contributed by atoms with Crippen LogP contribution in [0.5, 0.6) is 5.75 Å². The van der Waals surface area contributed by atoms with Crippen molar-refractivity contribution in [3.05, 3.63) is 36.5 Å². The molecule has 5 heteroatoms. The summed E-state index contributed by atoms with van der Waals surface area (Å²) in [4.78, 5) is 4.03. The fourth-order valence-electron chi connectivity index (χ4n) is 1.09. The van der Waals surface area contributed by atoms with Crippen molar-refractivity contribution in [1.29, 1.82) is 0 Å². The Morgan fingerprint density at radius 2 is 1.79 bits per heavy atom. The number of benzene rings is 1. The summed E-state index contributed by atoms with van der Waals surface area (Å²) in [5.41, 5.74) is 0.662. The fourth-order valence-corrected chi connectivity index (χ4v) is 1.09. The molecule has 0 amide bonds. The summed E-state index contributed by atoms with van der Waals surface area (Å²) in [6.07, 6.45) is 1.67. The normalized spacial score (nSPS) is 8.71. The third kappa shape index (κ3) is 3.25. The topological polar surface area (TPSA) is 33.1 Å². The van der Waals surface area contributed by atoms with E-state index in [0.29, 0.717) is 5.52 Å². The quantitative estimate of drug-likeness (QED) is 0.753. The Balaban J connectivity index is 0.000000293. The van der Waals surface area contributed by atoms with Crippen molar-refractivity contribution < 1.29 is 26.9 Å². The maximum atomic E-state index is 9.31. The molecule has 0 radical (unpaired) electrons. The Labute approximate surface area is 101 Å². The van der Waals surface area contributed by atoms with Gasteiger partial charge < -0.3 is 5.11 Å². The van der Waals surface area contributed by atoms with Gasteiger partial charge in [-0.05, 0) is 12.1 Å². The van der Waals surface area contributed by atoms with Gasteiger partial charge in [-0.25, -0.2) is 0 Å². The molecule has 0 atom stereocenters. The number of nitrogens with zero attached hydrogens (tertiary/aromatic N) is 1. The molecule has 1 heterocycles. The van der Waals surface area contributed by atoms with Gasteiger partial charge in [-0.2, -0.15) is 0 Å². The standard InChI is InChI=1S/C9H7NO.Cd.2ClH/c11-8-5-1-3-7-4-2-6-10-9(7)8;;;/h1-6,11H;;2*1H/q;+2;;/p-2. The predicted molar refractivity (Wildman–Crippen MR) is 55.1 cm³/mol. The van der Waals surface area contributed by atoms with Crippen LogP contribution in [0.2, 0.25) is 0 Å². The van der Waals surface area contributed by atoms with Gasteiger partial charge in [0.2, 0.25) is 0 Å². The minimum absolute atomic E-state index is 0.239. The van der Waals surface area contributed by atoms with Crippen molar-refractivity contribution >= 4 is 27.5 Å². The van der Waals surface area contributed by atoms with Gasteiger partial charge in [0, 0.05) is 11.6 Å². The van der Waals surface area contributed by atoms with E-state index in [9.17, 15) is 5.11 Å². The Morgan fingerprint density at radius 3 is 2.43 bits per heavy atom. The van der Waals surface area contributed by atoms with Crippen LogP contribution in [-0.4, -0.2) is 10.1 Å². The molecule has 0 unspecified atom stereocenters. The molecule has 2 nitrogen and oxygen atoms in total. The maximum absolute atomic E-state index is 9.31. The fraction of sp³-hybridized carbons (Fsp3) is 0. The second-order valence-electron chi connectivity index (χ2n) is 2.45. The summed E-state index contributed by atoms with van der Waals surface area (Å²) in [6.45, 7) is 0. The van der Waals surface area contributed by atoms with Crippen molar-refractivity contribution in [2.75, 3.05) is 0 Å². The van der Waals surface area contributed by atoms with Crippen LogP contribution in [0.15, 0.2) is 36.5 Å². The summed E-state index contributed by atoms with van der Waals surface area (Å²) < 4.78 is 0. The zero-order valence-electron chi connectivity index (χ0n) is 7.32. The first-order chi connectivity index (χ1) is 6.79. The van der Waals surface area contributed by atoms with Gasteiger partial charge in [-0.15, -0.1) is 0 Å². The molecule has 2 rings (SSSR count). The molecule has 0 saturated heterocycles. The molecular formula is C9H7CdCl2NO. The number of hydrogen-bond donors (Lipinski definition) is 1. The van der Waals surface area contributed by atoms with Gasteiger partial charge in [0.15, 0.2) is 0 Å². The molecule has 1 aromatic carbocycles. The van der Waals surface area contributed by atoms with E-state index in [0.717, 1.165) is 5.39 Å². The molecule has 1 N–H and O–H groups in total. The first kappa shape index (κ1) is 12.0. The van der Waals surface area contributed by atoms with Gasteiger partial charge in [0.25, 0.3) is 0 Å². The van der Waals surface area contributed by atoms with Crippen molar-refractivity contribution in [2.24, 2.45) is 0 Å². The van der Waals surface area contributed by atoms with E-state index in [1.54, 1.807) is 18.3 Å². The molecule has 70 valence electrons. The monoisotopic (exact) mass is 329 g/mol. The predicted octanol–water partition coefficient (Wildman–Crippen LogP) is 3.32. The number of phenols is 1. The van der Waals surface area contributed by atoms with E-state index in [2.05, 4.69) is 4.98 Å². The molecule has 1 aromatic heterocycles. The van der Waals surface area contributed by atoms with Crippen LogP contribution in [-0.2, 0) is 21.8 Å². The van der Waals surface area contributed by atoms with Crippen molar-refractivity contribution in [1.82, 2.24) is 4.98 Å². The molecule has 0 saturated carbocycles. The minimum atomic E-state index is -1.07. The van der Waals surface area contributed by atoms with Crippen molar-refractivity contribution in [2.45, 2.75) is 0 Å². The van der Waals surface area contributed by atoms with Crippen LogP contribution in [0.1, 0.15) is 0 Å². The summed E-state index contributed by atoms with van der Waals surface area (Å²) in [7, 11) is 9.95. The van der Waals surface area contributed by atoms with Crippen molar-refractivity contribution in [3.63, 3.8) is 0 Å². The van der Waals surface area contributed by atoms with E-state index < -0.39 is 21.8 Å². The zero-order valence-corrected chi connectivity index (χ0v) is 12.9. The van der Waals surface area contributed by atoms with Crippen LogP contribution in [0.4, 0.5) is 0 Å². The van der Waals surface area contributed by atoms with Gasteiger partial charge in [0.1, 0.15) is 11.3 Å². The molecular weight excluding hydrogens is 321 g/mol. The SMILES string of the molecule is Oc1cccc2cccnc12.[Cl][Cd][Cl]. The van der Waals surface area contributed by atoms with Crippen LogP contribution >= 0.6 is 16.6 Å². The molecule has 2 aromatic rings. The van der Waals surface area contributed by atoms with Crippen LogP contribution in [0.25, 0.3) is 10.9 Å². The Morgan fingerprint density at radius 1 is 1.14 bits per heavy atom. The number of para-hydroxylation sites is 1. The molecule has 14 heavy (non-hydrogen) atoms.